The third kappa shape index (κ3) is 3.95. The van der Waals surface area contributed by atoms with Crippen LogP contribution in [0.4, 0.5) is 0 Å². The lowest BCUT2D eigenvalue weighted by atomic mass is 9.96. The molecule has 1 atom stereocenters. The maximum atomic E-state index is 12.1. The molecule has 114 valence electrons. The monoisotopic (exact) mass is 282 g/mol. The van der Waals surface area contributed by atoms with Gasteiger partial charge in [0.2, 0.25) is 11.8 Å². The highest BCUT2D eigenvalue weighted by atomic mass is 16.7. The van der Waals surface area contributed by atoms with Crippen molar-refractivity contribution in [3.63, 3.8) is 0 Å². The topological polar surface area (TPSA) is 58.6 Å². The minimum Gasteiger partial charge on any atom is -0.342 e. The van der Waals surface area contributed by atoms with Crippen LogP contribution in [0, 0.1) is 11.8 Å². The molecule has 0 aromatic rings. The third-order valence-electron chi connectivity index (χ3n) is 4.23. The van der Waals surface area contributed by atoms with Crippen LogP contribution in [-0.4, -0.2) is 35.9 Å². The van der Waals surface area contributed by atoms with E-state index in [0.717, 1.165) is 32.2 Å². The molecule has 0 spiro atoms. The summed E-state index contributed by atoms with van der Waals surface area (Å²) >= 11 is 0. The van der Waals surface area contributed by atoms with Gasteiger partial charge in [0.1, 0.15) is 0 Å². The van der Waals surface area contributed by atoms with Gasteiger partial charge in [-0.3, -0.25) is 14.4 Å². The highest BCUT2D eigenvalue weighted by Gasteiger charge is 2.30. The van der Waals surface area contributed by atoms with E-state index in [0.29, 0.717) is 6.54 Å². The zero-order valence-electron chi connectivity index (χ0n) is 12.6. The van der Waals surface area contributed by atoms with Gasteiger partial charge in [0.15, 0.2) is 0 Å². The van der Waals surface area contributed by atoms with E-state index in [9.17, 15) is 9.59 Å². The van der Waals surface area contributed by atoms with Crippen LogP contribution in [0.1, 0.15) is 52.4 Å². The van der Waals surface area contributed by atoms with Gasteiger partial charge in [0, 0.05) is 19.0 Å². The molecular weight excluding hydrogens is 256 g/mol. The molecule has 0 radical (unpaired) electrons. The lowest BCUT2D eigenvalue weighted by molar-refractivity contribution is -0.146. The van der Waals surface area contributed by atoms with E-state index in [1.807, 2.05) is 18.7 Å². The number of hydrogen-bond donors (Lipinski definition) is 1. The Hall–Kier alpha value is -1.10. The molecule has 2 rings (SSSR count). The average Bonchev–Trinajstić information content (AvgIpc) is 2.97. The van der Waals surface area contributed by atoms with Crippen molar-refractivity contribution in [2.24, 2.45) is 11.8 Å². The Labute approximate surface area is 121 Å². The predicted octanol–water partition coefficient (Wildman–Crippen LogP) is 1.87. The Morgan fingerprint density at radius 3 is 2.50 bits per heavy atom. The fourth-order valence-corrected chi connectivity index (χ4v) is 2.99. The highest BCUT2D eigenvalue weighted by Crippen LogP contribution is 2.21. The molecule has 1 aliphatic heterocycles. The third-order valence-corrected chi connectivity index (χ3v) is 4.23. The Kier molecular flexibility index (Phi) is 5.40. The quantitative estimate of drug-likeness (QED) is 0.801. The van der Waals surface area contributed by atoms with E-state index in [4.69, 9.17) is 4.84 Å². The number of carbonyl (C=O) groups excluding carboxylic acids is 2. The second-order valence-corrected chi connectivity index (χ2v) is 6.27. The van der Waals surface area contributed by atoms with Crippen LogP contribution in [0.5, 0.6) is 0 Å². The Morgan fingerprint density at radius 1 is 1.15 bits per heavy atom. The Morgan fingerprint density at radius 2 is 1.85 bits per heavy atom. The number of likely N-dealkylation sites (tertiary alicyclic amines) is 1. The molecule has 2 aliphatic rings. The molecule has 2 amide bonds. The molecule has 5 heteroatoms. The molecule has 0 aromatic heterocycles. The van der Waals surface area contributed by atoms with Crippen molar-refractivity contribution in [3.8, 4) is 0 Å². The van der Waals surface area contributed by atoms with Crippen LogP contribution < -0.4 is 5.48 Å². The molecule has 0 bridgehead atoms. The Bertz CT molecular complexity index is 351. The molecule has 2 fully saturated rings. The van der Waals surface area contributed by atoms with Crippen LogP contribution in [-0.2, 0) is 14.4 Å². The zero-order chi connectivity index (χ0) is 14.5. The first-order valence-electron chi connectivity index (χ1n) is 7.82. The number of rotatable bonds is 4. The van der Waals surface area contributed by atoms with Crippen LogP contribution in [0.3, 0.4) is 0 Å². The summed E-state index contributed by atoms with van der Waals surface area (Å²) in [7, 11) is 0. The minimum absolute atomic E-state index is 0.00782. The largest absolute Gasteiger partial charge is 0.342 e. The number of hydrogen-bond acceptors (Lipinski definition) is 3. The van der Waals surface area contributed by atoms with Gasteiger partial charge in [0.05, 0.1) is 12.0 Å². The fourth-order valence-electron chi connectivity index (χ4n) is 2.99. The molecule has 1 unspecified atom stereocenters. The van der Waals surface area contributed by atoms with Crippen molar-refractivity contribution in [2.75, 3.05) is 13.1 Å². The number of amides is 2. The van der Waals surface area contributed by atoms with Gasteiger partial charge in [-0.05, 0) is 25.7 Å². The van der Waals surface area contributed by atoms with Gasteiger partial charge in [-0.2, -0.15) is 0 Å². The van der Waals surface area contributed by atoms with Gasteiger partial charge in [0.25, 0.3) is 0 Å². The lowest BCUT2D eigenvalue weighted by Gasteiger charge is -2.33. The van der Waals surface area contributed by atoms with E-state index in [1.54, 1.807) is 0 Å². The Balaban J connectivity index is 1.78. The molecule has 1 saturated carbocycles. The van der Waals surface area contributed by atoms with Crippen LogP contribution in [0.15, 0.2) is 0 Å². The number of hydroxylamine groups is 1. The lowest BCUT2D eigenvalue weighted by Crippen LogP contribution is -2.47. The van der Waals surface area contributed by atoms with E-state index in [1.165, 1.54) is 12.8 Å². The van der Waals surface area contributed by atoms with Gasteiger partial charge in [-0.15, -0.1) is 0 Å². The van der Waals surface area contributed by atoms with Crippen molar-refractivity contribution in [3.05, 3.63) is 0 Å². The normalized spacial score (nSPS) is 24.1. The van der Waals surface area contributed by atoms with Crippen molar-refractivity contribution < 1.29 is 14.4 Å². The van der Waals surface area contributed by atoms with Gasteiger partial charge in [-0.25, -0.2) is 5.48 Å². The summed E-state index contributed by atoms with van der Waals surface area (Å²) in [6.45, 7) is 5.09. The van der Waals surface area contributed by atoms with E-state index in [2.05, 4.69) is 5.48 Å². The van der Waals surface area contributed by atoms with Crippen molar-refractivity contribution in [1.82, 2.24) is 10.4 Å². The minimum atomic E-state index is -0.132. The maximum Gasteiger partial charge on any atom is 0.248 e. The molecule has 1 heterocycles. The van der Waals surface area contributed by atoms with E-state index < -0.39 is 0 Å². The molecule has 20 heavy (non-hydrogen) atoms. The van der Waals surface area contributed by atoms with Crippen LogP contribution in [0.25, 0.3) is 0 Å². The molecule has 5 nitrogen and oxygen atoms in total. The zero-order valence-corrected chi connectivity index (χ0v) is 12.6. The van der Waals surface area contributed by atoms with E-state index >= 15 is 0 Å². The second-order valence-electron chi connectivity index (χ2n) is 6.27. The van der Waals surface area contributed by atoms with Gasteiger partial charge >= 0.3 is 0 Å². The smallest absolute Gasteiger partial charge is 0.248 e. The van der Waals surface area contributed by atoms with Gasteiger partial charge in [-0.1, -0.05) is 26.7 Å². The van der Waals surface area contributed by atoms with Gasteiger partial charge < -0.3 is 4.90 Å². The first kappa shape index (κ1) is 15.3. The summed E-state index contributed by atoms with van der Waals surface area (Å²) in [5.74, 6) is -0.0724. The number of nitrogens with zero attached hydrogens (tertiary/aromatic N) is 1. The molecule has 0 aromatic carbocycles. The fraction of sp³-hybridized carbons (Fsp3) is 0.867. The summed E-state index contributed by atoms with van der Waals surface area (Å²) in [6.07, 6.45) is 6.32. The summed E-state index contributed by atoms with van der Waals surface area (Å²) < 4.78 is 0. The number of nitrogens with one attached hydrogen (secondary N) is 1. The predicted molar refractivity (Wildman–Crippen MR) is 75.6 cm³/mol. The van der Waals surface area contributed by atoms with Crippen molar-refractivity contribution in [2.45, 2.75) is 58.5 Å². The summed E-state index contributed by atoms with van der Waals surface area (Å²) in [5, 5.41) is 0. The molecule has 1 N–H and O–H groups in total. The number of piperidine rings is 1. The van der Waals surface area contributed by atoms with Crippen molar-refractivity contribution in [1.29, 1.82) is 0 Å². The standard InChI is InChI=1S/C15H26N2O3/c1-11(2)15(19)17-9-5-6-12(10-17)14(18)16-20-13-7-3-4-8-13/h11-13H,3-10H2,1-2H3,(H,16,18). The second kappa shape index (κ2) is 7.07. The first-order valence-corrected chi connectivity index (χ1v) is 7.82. The summed E-state index contributed by atoms with van der Waals surface area (Å²) in [5.41, 5.74) is 2.61. The number of carbonyl (C=O) groups is 2. The van der Waals surface area contributed by atoms with E-state index in [-0.39, 0.29) is 29.8 Å². The molecule has 1 aliphatic carbocycles. The van der Waals surface area contributed by atoms with Crippen molar-refractivity contribution >= 4 is 11.8 Å². The highest BCUT2D eigenvalue weighted by molar-refractivity contribution is 5.81. The summed E-state index contributed by atoms with van der Waals surface area (Å²) in [4.78, 5) is 31.4. The van der Waals surface area contributed by atoms with Crippen LogP contribution in [0.2, 0.25) is 0 Å². The first-order chi connectivity index (χ1) is 9.58. The summed E-state index contributed by atoms with van der Waals surface area (Å²) in [6, 6.07) is 0. The SMILES string of the molecule is CC(C)C(=O)N1CCCC(C(=O)NOC2CCCC2)C1. The van der Waals surface area contributed by atoms with Crippen LogP contribution >= 0.6 is 0 Å². The molecular formula is C15H26N2O3. The average molecular weight is 282 g/mol. The molecule has 1 saturated heterocycles. The maximum absolute atomic E-state index is 12.1.